The quantitative estimate of drug-likeness (QED) is 0.896. The molecule has 2 atom stereocenters. The first-order valence-electron chi connectivity index (χ1n) is 6.68. The lowest BCUT2D eigenvalue weighted by molar-refractivity contribution is -0.133. The van der Waals surface area contributed by atoms with Crippen molar-refractivity contribution < 1.29 is 14.6 Å². The highest BCUT2D eigenvalue weighted by molar-refractivity contribution is 8.00. The number of hydrogen-bond acceptors (Lipinski definition) is 3. The maximum Gasteiger partial charge on any atom is 0.313 e. The molecule has 2 unspecified atom stereocenters. The predicted octanol–water partition coefficient (Wildman–Crippen LogP) is 3.54. The predicted molar refractivity (Wildman–Crippen MR) is 78.1 cm³/mol. The Hall–Kier alpha value is -1.16. The first kappa shape index (κ1) is 14.3. The number of hydrogen-bond donors (Lipinski definition) is 1. The van der Waals surface area contributed by atoms with E-state index in [9.17, 15) is 4.79 Å². The van der Waals surface area contributed by atoms with Crippen molar-refractivity contribution in [3.05, 3.63) is 29.8 Å². The molecule has 0 amide bonds. The molecule has 0 bridgehead atoms. The average Bonchev–Trinajstić information content (AvgIpc) is 2.45. The van der Waals surface area contributed by atoms with Crippen LogP contribution in [0.2, 0.25) is 0 Å². The summed E-state index contributed by atoms with van der Waals surface area (Å²) in [5, 5.41) is 9.25. The maximum absolute atomic E-state index is 10.8. The zero-order chi connectivity index (χ0) is 13.7. The number of para-hydroxylation sites is 1. The monoisotopic (exact) mass is 280 g/mol. The van der Waals surface area contributed by atoms with Gasteiger partial charge in [-0.1, -0.05) is 31.0 Å². The second kappa shape index (κ2) is 6.85. The molecule has 1 aliphatic carbocycles. The lowest BCUT2D eigenvalue weighted by Crippen LogP contribution is -2.22. The minimum atomic E-state index is -0.727. The van der Waals surface area contributed by atoms with E-state index in [1.807, 2.05) is 18.2 Å². The van der Waals surface area contributed by atoms with Crippen LogP contribution in [0.25, 0.3) is 0 Å². The first-order valence-corrected chi connectivity index (χ1v) is 7.73. The van der Waals surface area contributed by atoms with E-state index in [2.05, 4.69) is 6.07 Å². The SMILES string of the molecule is COc1ccccc1C1CCCCC1SCC(=O)O. The highest BCUT2D eigenvalue weighted by Gasteiger charge is 2.29. The minimum absolute atomic E-state index is 0.191. The van der Waals surface area contributed by atoms with E-state index in [4.69, 9.17) is 9.84 Å². The standard InChI is InChI=1S/C15H20O3S/c1-18-13-8-4-2-6-11(13)12-7-3-5-9-14(12)19-10-15(16)17/h2,4,6,8,12,14H,3,5,7,9-10H2,1H3,(H,16,17). The van der Waals surface area contributed by atoms with Crippen LogP contribution >= 0.6 is 11.8 Å². The van der Waals surface area contributed by atoms with Crippen molar-refractivity contribution in [1.82, 2.24) is 0 Å². The van der Waals surface area contributed by atoms with Crippen molar-refractivity contribution in [3.8, 4) is 5.75 Å². The van der Waals surface area contributed by atoms with E-state index < -0.39 is 5.97 Å². The summed E-state index contributed by atoms with van der Waals surface area (Å²) in [6, 6.07) is 8.11. The summed E-state index contributed by atoms with van der Waals surface area (Å²) in [6.45, 7) is 0. The van der Waals surface area contributed by atoms with Gasteiger partial charge in [-0.3, -0.25) is 4.79 Å². The molecule has 4 heteroatoms. The second-order valence-corrected chi connectivity index (χ2v) is 6.10. The number of methoxy groups -OCH3 is 1. The molecule has 0 heterocycles. The normalized spacial score (nSPS) is 23.0. The molecule has 1 aromatic rings. The zero-order valence-corrected chi connectivity index (χ0v) is 12.0. The van der Waals surface area contributed by atoms with Crippen LogP contribution in [0.1, 0.15) is 37.2 Å². The first-order chi connectivity index (χ1) is 9.22. The second-order valence-electron chi connectivity index (χ2n) is 4.88. The van der Waals surface area contributed by atoms with E-state index in [0.29, 0.717) is 11.2 Å². The molecule has 2 rings (SSSR count). The molecule has 0 spiro atoms. The highest BCUT2D eigenvalue weighted by Crippen LogP contribution is 2.42. The van der Waals surface area contributed by atoms with Crippen molar-refractivity contribution in [2.75, 3.05) is 12.9 Å². The van der Waals surface area contributed by atoms with Gasteiger partial charge in [-0.25, -0.2) is 0 Å². The van der Waals surface area contributed by atoms with E-state index in [-0.39, 0.29) is 5.75 Å². The Balaban J connectivity index is 2.16. The van der Waals surface area contributed by atoms with Gasteiger partial charge in [0, 0.05) is 5.25 Å². The van der Waals surface area contributed by atoms with Crippen LogP contribution in [0.15, 0.2) is 24.3 Å². The molecule has 0 aliphatic heterocycles. The highest BCUT2D eigenvalue weighted by atomic mass is 32.2. The third-order valence-corrected chi connectivity index (χ3v) is 5.07. The van der Waals surface area contributed by atoms with Gasteiger partial charge in [-0.05, 0) is 30.4 Å². The molecule has 1 aromatic carbocycles. The molecule has 0 radical (unpaired) electrons. The Kier molecular flexibility index (Phi) is 5.14. The topological polar surface area (TPSA) is 46.5 Å². The summed E-state index contributed by atoms with van der Waals surface area (Å²) >= 11 is 1.57. The van der Waals surface area contributed by atoms with Crippen LogP contribution in [0.5, 0.6) is 5.75 Å². The third kappa shape index (κ3) is 3.66. The minimum Gasteiger partial charge on any atom is -0.496 e. The molecule has 3 nitrogen and oxygen atoms in total. The number of ether oxygens (including phenoxy) is 1. The zero-order valence-electron chi connectivity index (χ0n) is 11.2. The summed E-state index contributed by atoms with van der Waals surface area (Å²) in [4.78, 5) is 10.8. The van der Waals surface area contributed by atoms with Gasteiger partial charge >= 0.3 is 5.97 Å². The van der Waals surface area contributed by atoms with Crippen LogP contribution in [-0.4, -0.2) is 29.2 Å². The molecule has 1 N–H and O–H groups in total. The maximum atomic E-state index is 10.8. The number of benzene rings is 1. The van der Waals surface area contributed by atoms with Crippen molar-refractivity contribution in [2.24, 2.45) is 0 Å². The largest absolute Gasteiger partial charge is 0.496 e. The van der Waals surface area contributed by atoms with Gasteiger partial charge in [-0.15, -0.1) is 11.8 Å². The fraction of sp³-hybridized carbons (Fsp3) is 0.533. The van der Waals surface area contributed by atoms with Gasteiger partial charge in [0.05, 0.1) is 12.9 Å². The lowest BCUT2D eigenvalue weighted by Gasteiger charge is -2.32. The molecule has 1 saturated carbocycles. The van der Waals surface area contributed by atoms with Gasteiger partial charge in [-0.2, -0.15) is 0 Å². The summed E-state index contributed by atoms with van der Waals surface area (Å²) in [5.74, 6) is 0.801. The van der Waals surface area contributed by atoms with Crippen molar-refractivity contribution in [1.29, 1.82) is 0 Å². The fourth-order valence-corrected chi connectivity index (χ4v) is 4.01. The number of aliphatic carboxylic acids is 1. The van der Waals surface area contributed by atoms with Crippen LogP contribution in [0.4, 0.5) is 0 Å². The molecule has 104 valence electrons. The number of rotatable bonds is 5. The van der Waals surface area contributed by atoms with Crippen LogP contribution in [0.3, 0.4) is 0 Å². The van der Waals surface area contributed by atoms with Crippen LogP contribution in [-0.2, 0) is 4.79 Å². The summed E-state index contributed by atoms with van der Waals surface area (Å²) in [7, 11) is 1.70. The van der Waals surface area contributed by atoms with Crippen molar-refractivity contribution >= 4 is 17.7 Å². The summed E-state index contributed by atoms with van der Waals surface area (Å²) < 4.78 is 5.45. The fourth-order valence-electron chi connectivity index (χ4n) is 2.80. The summed E-state index contributed by atoms with van der Waals surface area (Å²) in [5.41, 5.74) is 1.23. The van der Waals surface area contributed by atoms with E-state index in [1.54, 1.807) is 18.9 Å². The Morgan fingerprint density at radius 1 is 1.37 bits per heavy atom. The molecule has 0 saturated heterocycles. The van der Waals surface area contributed by atoms with Crippen molar-refractivity contribution in [2.45, 2.75) is 36.9 Å². The van der Waals surface area contributed by atoms with E-state index in [1.165, 1.54) is 18.4 Å². The Bertz CT molecular complexity index is 433. The van der Waals surface area contributed by atoms with Crippen LogP contribution in [0, 0.1) is 0 Å². The Morgan fingerprint density at radius 2 is 2.11 bits per heavy atom. The smallest absolute Gasteiger partial charge is 0.313 e. The third-order valence-electron chi connectivity index (χ3n) is 3.66. The molecular weight excluding hydrogens is 260 g/mol. The number of carbonyl (C=O) groups is 1. The van der Waals surface area contributed by atoms with Crippen molar-refractivity contribution in [3.63, 3.8) is 0 Å². The lowest BCUT2D eigenvalue weighted by atomic mass is 9.83. The number of carboxylic acids is 1. The average molecular weight is 280 g/mol. The number of carboxylic acid groups (broad SMARTS) is 1. The molecule has 0 aromatic heterocycles. The van der Waals surface area contributed by atoms with Gasteiger partial charge < -0.3 is 9.84 Å². The number of thioether (sulfide) groups is 1. The van der Waals surface area contributed by atoms with E-state index >= 15 is 0 Å². The van der Waals surface area contributed by atoms with E-state index in [0.717, 1.165) is 18.6 Å². The molecule has 1 aliphatic rings. The molecular formula is C15H20O3S. The van der Waals surface area contributed by atoms with Gasteiger partial charge in [0.1, 0.15) is 5.75 Å². The van der Waals surface area contributed by atoms with Gasteiger partial charge in [0.25, 0.3) is 0 Å². The van der Waals surface area contributed by atoms with Gasteiger partial charge in [0.2, 0.25) is 0 Å². The molecule has 19 heavy (non-hydrogen) atoms. The Morgan fingerprint density at radius 3 is 2.84 bits per heavy atom. The summed E-state index contributed by atoms with van der Waals surface area (Å²) in [6.07, 6.45) is 4.63. The van der Waals surface area contributed by atoms with Gasteiger partial charge in [0.15, 0.2) is 0 Å². The molecule has 1 fully saturated rings. The van der Waals surface area contributed by atoms with Crippen LogP contribution < -0.4 is 4.74 Å². The Labute approximate surface area is 118 Å².